The fourth-order valence-corrected chi connectivity index (χ4v) is 3.25. The third kappa shape index (κ3) is 2.92. The van der Waals surface area contributed by atoms with Gasteiger partial charge in [0.15, 0.2) is 5.96 Å². The number of nitrogens with zero attached hydrogens (tertiary/aromatic N) is 2. The van der Waals surface area contributed by atoms with Crippen molar-refractivity contribution in [3.8, 4) is 0 Å². The molecule has 0 amide bonds. The molecule has 0 radical (unpaired) electrons. The van der Waals surface area contributed by atoms with Crippen LogP contribution >= 0.6 is 0 Å². The Labute approximate surface area is 104 Å². The minimum atomic E-state index is 0.521. The number of rotatable bonds is 4. The van der Waals surface area contributed by atoms with Gasteiger partial charge in [-0.2, -0.15) is 0 Å². The van der Waals surface area contributed by atoms with Gasteiger partial charge in [0.05, 0.1) is 19.2 Å². The molecule has 0 saturated heterocycles. The Morgan fingerprint density at radius 1 is 1.47 bits per heavy atom. The SMILES string of the molecule is COCCN1C(N)=NCC1C1CCCC(C)C1. The summed E-state index contributed by atoms with van der Waals surface area (Å²) in [6.07, 6.45) is 5.41. The van der Waals surface area contributed by atoms with E-state index in [0.717, 1.165) is 31.5 Å². The molecule has 1 fully saturated rings. The van der Waals surface area contributed by atoms with Crippen LogP contribution in [0.25, 0.3) is 0 Å². The average Bonchev–Trinajstić information content (AvgIpc) is 2.68. The van der Waals surface area contributed by atoms with Crippen molar-refractivity contribution in [1.82, 2.24) is 4.90 Å². The molecule has 0 spiro atoms. The minimum Gasteiger partial charge on any atom is -0.383 e. The van der Waals surface area contributed by atoms with E-state index >= 15 is 0 Å². The third-order valence-corrected chi connectivity index (χ3v) is 4.19. The largest absolute Gasteiger partial charge is 0.383 e. The second kappa shape index (κ2) is 5.71. The lowest BCUT2D eigenvalue weighted by Crippen LogP contribution is -2.47. The Morgan fingerprint density at radius 2 is 2.29 bits per heavy atom. The van der Waals surface area contributed by atoms with Gasteiger partial charge in [0.25, 0.3) is 0 Å². The van der Waals surface area contributed by atoms with Gasteiger partial charge < -0.3 is 15.4 Å². The van der Waals surface area contributed by atoms with Crippen molar-refractivity contribution < 1.29 is 4.74 Å². The van der Waals surface area contributed by atoms with E-state index in [9.17, 15) is 0 Å². The molecule has 2 rings (SSSR count). The molecule has 17 heavy (non-hydrogen) atoms. The van der Waals surface area contributed by atoms with Crippen molar-refractivity contribution in [1.29, 1.82) is 0 Å². The van der Waals surface area contributed by atoms with Crippen LogP contribution in [0.15, 0.2) is 4.99 Å². The van der Waals surface area contributed by atoms with E-state index in [4.69, 9.17) is 10.5 Å². The number of ether oxygens (including phenoxy) is 1. The second-order valence-corrected chi connectivity index (χ2v) is 5.48. The quantitative estimate of drug-likeness (QED) is 0.808. The molecular formula is C13H25N3O. The fourth-order valence-electron chi connectivity index (χ4n) is 3.25. The molecule has 4 nitrogen and oxygen atoms in total. The van der Waals surface area contributed by atoms with E-state index in [1.165, 1.54) is 25.7 Å². The molecule has 1 saturated carbocycles. The summed E-state index contributed by atoms with van der Waals surface area (Å²) in [6, 6.07) is 0.521. The highest BCUT2D eigenvalue weighted by Crippen LogP contribution is 2.34. The predicted octanol–water partition coefficient (Wildman–Crippen LogP) is 1.46. The van der Waals surface area contributed by atoms with Gasteiger partial charge in [-0.3, -0.25) is 4.99 Å². The first-order valence-electron chi connectivity index (χ1n) is 6.78. The highest BCUT2D eigenvalue weighted by Gasteiger charge is 2.34. The molecule has 1 heterocycles. The van der Waals surface area contributed by atoms with Crippen molar-refractivity contribution >= 4 is 5.96 Å². The van der Waals surface area contributed by atoms with E-state index in [-0.39, 0.29) is 0 Å². The van der Waals surface area contributed by atoms with Crippen LogP contribution in [0.5, 0.6) is 0 Å². The summed E-state index contributed by atoms with van der Waals surface area (Å²) < 4.78 is 5.16. The Hall–Kier alpha value is -0.770. The number of guanidine groups is 1. The molecule has 2 aliphatic rings. The zero-order valence-electron chi connectivity index (χ0n) is 11.1. The van der Waals surface area contributed by atoms with Crippen LogP contribution in [-0.4, -0.2) is 43.7 Å². The van der Waals surface area contributed by atoms with E-state index in [0.29, 0.717) is 12.0 Å². The predicted molar refractivity (Wildman–Crippen MR) is 70.0 cm³/mol. The summed E-state index contributed by atoms with van der Waals surface area (Å²) in [5.74, 6) is 2.34. The number of hydrogen-bond acceptors (Lipinski definition) is 4. The van der Waals surface area contributed by atoms with Gasteiger partial charge in [0.2, 0.25) is 0 Å². The van der Waals surface area contributed by atoms with E-state index in [1.807, 2.05) is 0 Å². The lowest BCUT2D eigenvalue weighted by molar-refractivity contribution is 0.131. The fraction of sp³-hybridized carbons (Fsp3) is 0.923. The maximum Gasteiger partial charge on any atom is 0.191 e. The van der Waals surface area contributed by atoms with Crippen molar-refractivity contribution in [2.45, 2.75) is 38.6 Å². The zero-order valence-corrected chi connectivity index (χ0v) is 11.1. The number of nitrogens with two attached hydrogens (primary N) is 1. The number of methoxy groups -OCH3 is 1. The Balaban J connectivity index is 1.94. The van der Waals surface area contributed by atoms with E-state index in [1.54, 1.807) is 7.11 Å². The molecule has 3 atom stereocenters. The Kier molecular flexibility index (Phi) is 4.26. The van der Waals surface area contributed by atoms with Crippen LogP contribution in [0, 0.1) is 11.8 Å². The molecule has 0 aromatic heterocycles. The summed E-state index contributed by atoms with van der Waals surface area (Å²) in [5, 5.41) is 0. The number of hydrogen-bond donors (Lipinski definition) is 1. The Bertz CT molecular complexity index is 280. The minimum absolute atomic E-state index is 0.521. The molecule has 0 aromatic carbocycles. The van der Waals surface area contributed by atoms with Crippen LogP contribution in [0.4, 0.5) is 0 Å². The van der Waals surface area contributed by atoms with Crippen LogP contribution in [0.2, 0.25) is 0 Å². The van der Waals surface area contributed by atoms with Crippen molar-refractivity contribution in [3.63, 3.8) is 0 Å². The monoisotopic (exact) mass is 239 g/mol. The Morgan fingerprint density at radius 3 is 3.00 bits per heavy atom. The van der Waals surface area contributed by atoms with Crippen LogP contribution in [0.1, 0.15) is 32.6 Å². The topological polar surface area (TPSA) is 50.9 Å². The molecule has 4 heteroatoms. The first kappa shape index (κ1) is 12.7. The summed E-state index contributed by atoms with van der Waals surface area (Å²) in [5.41, 5.74) is 5.97. The van der Waals surface area contributed by atoms with Gasteiger partial charge >= 0.3 is 0 Å². The van der Waals surface area contributed by atoms with E-state index in [2.05, 4.69) is 16.8 Å². The summed E-state index contributed by atoms with van der Waals surface area (Å²) in [7, 11) is 1.74. The third-order valence-electron chi connectivity index (χ3n) is 4.19. The number of aliphatic imine (C=N–C) groups is 1. The van der Waals surface area contributed by atoms with Gasteiger partial charge in [-0.05, 0) is 24.7 Å². The molecule has 98 valence electrons. The van der Waals surface area contributed by atoms with Gasteiger partial charge in [-0.15, -0.1) is 0 Å². The first-order chi connectivity index (χ1) is 8.22. The smallest absolute Gasteiger partial charge is 0.191 e. The summed E-state index contributed by atoms with van der Waals surface area (Å²) >= 11 is 0. The van der Waals surface area contributed by atoms with Crippen molar-refractivity contribution in [2.75, 3.05) is 26.8 Å². The molecule has 1 aliphatic carbocycles. The average molecular weight is 239 g/mol. The van der Waals surface area contributed by atoms with Crippen LogP contribution in [0.3, 0.4) is 0 Å². The van der Waals surface area contributed by atoms with Gasteiger partial charge in [0, 0.05) is 13.7 Å². The normalized spacial score (nSPS) is 33.9. The maximum absolute atomic E-state index is 5.97. The van der Waals surface area contributed by atoms with Crippen molar-refractivity contribution in [3.05, 3.63) is 0 Å². The van der Waals surface area contributed by atoms with Crippen molar-refractivity contribution in [2.24, 2.45) is 22.6 Å². The highest BCUT2D eigenvalue weighted by molar-refractivity contribution is 5.80. The lowest BCUT2D eigenvalue weighted by Gasteiger charge is -2.36. The zero-order chi connectivity index (χ0) is 12.3. The maximum atomic E-state index is 5.97. The molecule has 0 bridgehead atoms. The van der Waals surface area contributed by atoms with E-state index < -0.39 is 0 Å². The lowest BCUT2D eigenvalue weighted by atomic mass is 9.78. The van der Waals surface area contributed by atoms with Gasteiger partial charge in [0.1, 0.15) is 0 Å². The highest BCUT2D eigenvalue weighted by atomic mass is 16.5. The standard InChI is InChI=1S/C13H25N3O/c1-10-4-3-5-11(8-10)12-9-15-13(14)16(12)6-7-17-2/h10-12H,3-9H2,1-2H3,(H2,14,15). The second-order valence-electron chi connectivity index (χ2n) is 5.48. The molecule has 3 unspecified atom stereocenters. The first-order valence-corrected chi connectivity index (χ1v) is 6.78. The molecule has 1 aliphatic heterocycles. The summed E-state index contributed by atoms with van der Waals surface area (Å²) in [4.78, 5) is 6.67. The summed E-state index contributed by atoms with van der Waals surface area (Å²) in [6.45, 7) is 4.86. The molecule has 0 aromatic rings. The van der Waals surface area contributed by atoms with Crippen LogP contribution < -0.4 is 5.73 Å². The molecular weight excluding hydrogens is 214 g/mol. The molecule has 2 N–H and O–H groups in total. The van der Waals surface area contributed by atoms with Gasteiger partial charge in [-0.1, -0.05) is 19.8 Å². The van der Waals surface area contributed by atoms with Gasteiger partial charge in [-0.25, -0.2) is 0 Å². The van der Waals surface area contributed by atoms with Crippen LogP contribution in [-0.2, 0) is 4.74 Å².